The standard InChI is InChI=1S/C9H6F3NO/c10-9(11,12)8-7(14)5-3-1-2-4-6(5)13-8/h1-4,13-14H. The zero-order valence-electron chi connectivity index (χ0n) is 6.89. The van der Waals surface area contributed by atoms with Crippen molar-refractivity contribution in [1.82, 2.24) is 4.98 Å². The molecule has 0 unspecified atom stereocenters. The van der Waals surface area contributed by atoms with Crippen LogP contribution >= 0.6 is 0 Å². The first kappa shape index (κ1) is 8.93. The average Bonchev–Trinajstić information content (AvgIpc) is 2.44. The van der Waals surface area contributed by atoms with Gasteiger partial charge in [0, 0.05) is 10.9 Å². The van der Waals surface area contributed by atoms with Crippen molar-refractivity contribution in [2.24, 2.45) is 0 Å². The third kappa shape index (κ3) is 1.21. The first-order chi connectivity index (χ1) is 6.50. The lowest BCUT2D eigenvalue weighted by Crippen LogP contribution is -2.05. The number of H-pyrrole nitrogens is 1. The molecule has 0 radical (unpaired) electrons. The molecule has 0 fully saturated rings. The van der Waals surface area contributed by atoms with E-state index in [0.29, 0.717) is 0 Å². The SMILES string of the molecule is Oc1c(C(F)(F)F)[nH]c2ccccc12. The van der Waals surface area contributed by atoms with Crippen LogP contribution in [-0.2, 0) is 6.18 Å². The first-order valence-corrected chi connectivity index (χ1v) is 3.87. The van der Waals surface area contributed by atoms with Crippen molar-refractivity contribution in [3.8, 4) is 5.75 Å². The van der Waals surface area contributed by atoms with E-state index in [0.717, 1.165) is 0 Å². The van der Waals surface area contributed by atoms with E-state index < -0.39 is 17.6 Å². The molecule has 74 valence electrons. The third-order valence-electron chi connectivity index (χ3n) is 1.96. The van der Waals surface area contributed by atoms with Gasteiger partial charge in [-0.2, -0.15) is 13.2 Å². The van der Waals surface area contributed by atoms with Gasteiger partial charge < -0.3 is 10.1 Å². The summed E-state index contributed by atoms with van der Waals surface area (Å²) in [5.74, 6) is -0.742. The highest BCUT2D eigenvalue weighted by atomic mass is 19.4. The van der Waals surface area contributed by atoms with Gasteiger partial charge >= 0.3 is 6.18 Å². The van der Waals surface area contributed by atoms with Crippen LogP contribution in [0.15, 0.2) is 24.3 Å². The molecule has 0 saturated carbocycles. The summed E-state index contributed by atoms with van der Waals surface area (Å²) in [6.45, 7) is 0. The number of hydrogen-bond donors (Lipinski definition) is 2. The molecule has 0 aliphatic rings. The molecule has 0 aliphatic heterocycles. The summed E-state index contributed by atoms with van der Waals surface area (Å²) in [4.78, 5) is 2.13. The molecule has 0 aliphatic carbocycles. The van der Waals surface area contributed by atoms with E-state index in [-0.39, 0.29) is 10.9 Å². The van der Waals surface area contributed by atoms with E-state index in [9.17, 15) is 18.3 Å². The van der Waals surface area contributed by atoms with Crippen LogP contribution in [0, 0.1) is 0 Å². The molecular formula is C9H6F3NO. The van der Waals surface area contributed by atoms with Gasteiger partial charge in [-0.1, -0.05) is 12.1 Å². The summed E-state index contributed by atoms with van der Waals surface area (Å²) < 4.78 is 36.9. The number of fused-ring (bicyclic) bond motifs is 1. The van der Waals surface area contributed by atoms with Crippen LogP contribution < -0.4 is 0 Å². The zero-order valence-corrected chi connectivity index (χ0v) is 6.89. The van der Waals surface area contributed by atoms with E-state index in [2.05, 4.69) is 4.98 Å². The normalized spacial score (nSPS) is 12.2. The Labute approximate surface area is 77.0 Å². The molecule has 2 N–H and O–H groups in total. The molecular weight excluding hydrogens is 195 g/mol. The number of nitrogens with one attached hydrogen (secondary N) is 1. The number of aromatic nitrogens is 1. The minimum absolute atomic E-state index is 0.180. The predicted octanol–water partition coefficient (Wildman–Crippen LogP) is 2.89. The highest BCUT2D eigenvalue weighted by Crippen LogP contribution is 2.39. The number of para-hydroxylation sites is 1. The van der Waals surface area contributed by atoms with Crippen LogP contribution in [0.25, 0.3) is 10.9 Å². The lowest BCUT2D eigenvalue weighted by Gasteiger charge is -2.02. The van der Waals surface area contributed by atoms with Gasteiger partial charge in [0.05, 0.1) is 0 Å². The highest BCUT2D eigenvalue weighted by molar-refractivity contribution is 5.87. The number of aromatic hydroxyl groups is 1. The van der Waals surface area contributed by atoms with Crippen molar-refractivity contribution >= 4 is 10.9 Å². The number of alkyl halides is 3. The minimum atomic E-state index is -4.55. The zero-order chi connectivity index (χ0) is 10.3. The molecule has 2 nitrogen and oxygen atoms in total. The number of rotatable bonds is 0. The smallest absolute Gasteiger partial charge is 0.434 e. The fourth-order valence-corrected chi connectivity index (χ4v) is 1.33. The van der Waals surface area contributed by atoms with Crippen LogP contribution in [0.3, 0.4) is 0 Å². The molecule has 0 saturated heterocycles. The van der Waals surface area contributed by atoms with Gasteiger partial charge in [0.2, 0.25) is 0 Å². The van der Waals surface area contributed by atoms with Gasteiger partial charge in [0.1, 0.15) is 0 Å². The maximum absolute atomic E-state index is 12.3. The first-order valence-electron chi connectivity index (χ1n) is 3.87. The predicted molar refractivity (Wildman–Crippen MR) is 45.0 cm³/mol. The topological polar surface area (TPSA) is 36.0 Å². The molecule has 0 bridgehead atoms. The van der Waals surface area contributed by atoms with Gasteiger partial charge in [-0.05, 0) is 12.1 Å². The Morgan fingerprint density at radius 2 is 1.79 bits per heavy atom. The second kappa shape index (κ2) is 2.67. The third-order valence-corrected chi connectivity index (χ3v) is 1.96. The second-order valence-electron chi connectivity index (χ2n) is 2.89. The number of benzene rings is 1. The molecule has 0 atom stereocenters. The van der Waals surface area contributed by atoms with E-state index in [1.54, 1.807) is 12.1 Å². The van der Waals surface area contributed by atoms with Crippen molar-refractivity contribution in [1.29, 1.82) is 0 Å². The summed E-state index contributed by atoms with van der Waals surface area (Å²) in [7, 11) is 0. The minimum Gasteiger partial charge on any atom is -0.505 e. The summed E-state index contributed by atoms with van der Waals surface area (Å²) in [6, 6.07) is 6.06. The molecule has 1 heterocycles. The maximum Gasteiger partial charge on any atom is 0.434 e. The Morgan fingerprint density at radius 3 is 2.36 bits per heavy atom. The Balaban J connectivity index is 2.75. The summed E-state index contributed by atoms with van der Waals surface area (Å²) >= 11 is 0. The fourth-order valence-electron chi connectivity index (χ4n) is 1.33. The van der Waals surface area contributed by atoms with Crippen molar-refractivity contribution in [3.05, 3.63) is 30.0 Å². The molecule has 0 spiro atoms. The molecule has 2 rings (SSSR count). The van der Waals surface area contributed by atoms with Crippen molar-refractivity contribution in [3.63, 3.8) is 0 Å². The Hall–Kier alpha value is -1.65. The molecule has 5 heteroatoms. The van der Waals surface area contributed by atoms with Gasteiger partial charge in [-0.3, -0.25) is 0 Å². The Morgan fingerprint density at radius 1 is 1.14 bits per heavy atom. The lowest BCUT2D eigenvalue weighted by molar-refractivity contribution is -0.141. The van der Waals surface area contributed by atoms with Crippen molar-refractivity contribution in [2.45, 2.75) is 6.18 Å². The Kier molecular flexibility index (Phi) is 1.70. The van der Waals surface area contributed by atoms with E-state index >= 15 is 0 Å². The molecule has 1 aromatic heterocycles. The molecule has 0 amide bonds. The summed E-state index contributed by atoms with van der Waals surface area (Å²) in [6.07, 6.45) is -4.55. The van der Waals surface area contributed by atoms with Gasteiger partial charge in [-0.15, -0.1) is 0 Å². The quantitative estimate of drug-likeness (QED) is 0.675. The van der Waals surface area contributed by atoms with Gasteiger partial charge in [0.15, 0.2) is 11.4 Å². The largest absolute Gasteiger partial charge is 0.505 e. The summed E-state index contributed by atoms with van der Waals surface area (Å²) in [5.41, 5.74) is -0.823. The van der Waals surface area contributed by atoms with E-state index in [1.165, 1.54) is 12.1 Å². The van der Waals surface area contributed by atoms with E-state index in [4.69, 9.17) is 0 Å². The maximum atomic E-state index is 12.3. The van der Waals surface area contributed by atoms with Crippen molar-refractivity contribution < 1.29 is 18.3 Å². The fraction of sp³-hybridized carbons (Fsp3) is 0.111. The number of hydrogen-bond acceptors (Lipinski definition) is 1. The summed E-state index contributed by atoms with van der Waals surface area (Å²) in [5, 5.41) is 9.45. The molecule has 14 heavy (non-hydrogen) atoms. The van der Waals surface area contributed by atoms with Crippen molar-refractivity contribution in [2.75, 3.05) is 0 Å². The number of halogens is 3. The highest BCUT2D eigenvalue weighted by Gasteiger charge is 2.36. The van der Waals surface area contributed by atoms with Crippen LogP contribution in [-0.4, -0.2) is 10.1 Å². The van der Waals surface area contributed by atoms with Crippen LogP contribution in [0.5, 0.6) is 5.75 Å². The van der Waals surface area contributed by atoms with Gasteiger partial charge in [-0.25, -0.2) is 0 Å². The second-order valence-corrected chi connectivity index (χ2v) is 2.89. The van der Waals surface area contributed by atoms with Gasteiger partial charge in [0.25, 0.3) is 0 Å². The van der Waals surface area contributed by atoms with Crippen LogP contribution in [0.4, 0.5) is 13.2 Å². The monoisotopic (exact) mass is 201 g/mol. The lowest BCUT2D eigenvalue weighted by atomic mass is 10.2. The van der Waals surface area contributed by atoms with E-state index in [1.807, 2.05) is 0 Å². The van der Waals surface area contributed by atoms with Crippen LogP contribution in [0.2, 0.25) is 0 Å². The molecule has 1 aromatic carbocycles. The number of aromatic amines is 1. The van der Waals surface area contributed by atoms with Crippen LogP contribution in [0.1, 0.15) is 5.69 Å². The average molecular weight is 201 g/mol. The Bertz CT molecular complexity index is 472. The molecule has 2 aromatic rings.